The maximum atomic E-state index is 11.2. The molecule has 1 aromatic rings. The molecule has 2 amide bonds. The lowest BCUT2D eigenvalue weighted by Crippen LogP contribution is -2.33. The first kappa shape index (κ1) is 11.0. The molecule has 2 N–H and O–H groups in total. The Balaban J connectivity index is 2.34. The number of rotatable bonds is 3. The molecule has 15 heavy (non-hydrogen) atoms. The van der Waals surface area contributed by atoms with E-state index in [4.69, 9.17) is 0 Å². The number of carbonyl (C=O) groups is 2. The number of anilines is 1. The van der Waals surface area contributed by atoms with Crippen LogP contribution in [-0.2, 0) is 9.53 Å². The lowest BCUT2D eigenvalue weighted by Gasteiger charge is -2.05. The molecule has 80 valence electrons. The Morgan fingerprint density at radius 3 is 2.87 bits per heavy atom. The standard InChI is InChI=1S/C9H11N3O3/c1-15-8(13)6-11-9(14)12-7-4-2-3-5-10-7/h2-5H,6H2,1H3,(H2,10,11,12,14). The molecule has 0 fully saturated rings. The molecular formula is C9H11N3O3. The summed E-state index contributed by atoms with van der Waals surface area (Å²) in [5.41, 5.74) is 0. The molecule has 0 aliphatic carbocycles. The van der Waals surface area contributed by atoms with Gasteiger partial charge in [0.15, 0.2) is 0 Å². The van der Waals surface area contributed by atoms with Gasteiger partial charge in [-0.1, -0.05) is 6.07 Å². The maximum Gasteiger partial charge on any atom is 0.325 e. The molecular weight excluding hydrogens is 198 g/mol. The lowest BCUT2D eigenvalue weighted by molar-refractivity contribution is -0.139. The highest BCUT2D eigenvalue weighted by atomic mass is 16.5. The molecule has 6 nitrogen and oxygen atoms in total. The first-order valence-corrected chi connectivity index (χ1v) is 4.25. The van der Waals surface area contributed by atoms with Crippen molar-refractivity contribution >= 4 is 17.8 Å². The number of esters is 1. The van der Waals surface area contributed by atoms with E-state index in [0.717, 1.165) is 0 Å². The fourth-order valence-electron chi connectivity index (χ4n) is 0.822. The van der Waals surface area contributed by atoms with Crippen molar-refractivity contribution < 1.29 is 14.3 Å². The molecule has 0 saturated heterocycles. The zero-order valence-corrected chi connectivity index (χ0v) is 8.19. The molecule has 1 aromatic heterocycles. The topological polar surface area (TPSA) is 80.3 Å². The number of hydrogen-bond acceptors (Lipinski definition) is 4. The highest BCUT2D eigenvalue weighted by Crippen LogP contribution is 1.98. The van der Waals surface area contributed by atoms with Gasteiger partial charge in [-0.15, -0.1) is 0 Å². The second kappa shape index (κ2) is 5.58. The van der Waals surface area contributed by atoms with E-state index in [9.17, 15) is 9.59 Å². The monoisotopic (exact) mass is 209 g/mol. The molecule has 0 aliphatic rings. The number of methoxy groups -OCH3 is 1. The van der Waals surface area contributed by atoms with Gasteiger partial charge in [0, 0.05) is 6.20 Å². The minimum Gasteiger partial charge on any atom is -0.468 e. The van der Waals surface area contributed by atoms with Crippen LogP contribution in [-0.4, -0.2) is 30.6 Å². The molecule has 0 radical (unpaired) electrons. The zero-order valence-electron chi connectivity index (χ0n) is 8.19. The van der Waals surface area contributed by atoms with E-state index in [1.165, 1.54) is 7.11 Å². The summed E-state index contributed by atoms with van der Waals surface area (Å²) >= 11 is 0. The Labute approximate surface area is 86.6 Å². The molecule has 0 unspecified atom stereocenters. The average molecular weight is 209 g/mol. The minimum absolute atomic E-state index is 0.171. The number of nitrogens with one attached hydrogen (secondary N) is 2. The molecule has 6 heteroatoms. The fourth-order valence-corrected chi connectivity index (χ4v) is 0.822. The predicted octanol–water partition coefficient (Wildman–Crippen LogP) is 0.376. The summed E-state index contributed by atoms with van der Waals surface area (Å²) in [6.45, 7) is -0.171. The normalized spacial score (nSPS) is 9.13. The third-order valence-electron chi connectivity index (χ3n) is 1.53. The lowest BCUT2D eigenvalue weighted by atomic mass is 10.5. The fraction of sp³-hybridized carbons (Fsp3) is 0.222. The van der Waals surface area contributed by atoms with Crippen LogP contribution in [0, 0.1) is 0 Å². The van der Waals surface area contributed by atoms with Gasteiger partial charge in [-0.05, 0) is 12.1 Å². The van der Waals surface area contributed by atoms with Crippen molar-refractivity contribution in [2.75, 3.05) is 19.0 Å². The largest absolute Gasteiger partial charge is 0.468 e. The van der Waals surface area contributed by atoms with Crippen LogP contribution in [0.3, 0.4) is 0 Å². The van der Waals surface area contributed by atoms with Crippen molar-refractivity contribution in [1.82, 2.24) is 10.3 Å². The SMILES string of the molecule is COC(=O)CNC(=O)Nc1ccccn1. The smallest absolute Gasteiger partial charge is 0.325 e. The van der Waals surface area contributed by atoms with Gasteiger partial charge in [-0.3, -0.25) is 10.1 Å². The summed E-state index contributed by atoms with van der Waals surface area (Å²) in [5, 5.41) is 4.77. The minimum atomic E-state index is -0.508. The van der Waals surface area contributed by atoms with Crippen molar-refractivity contribution in [2.24, 2.45) is 0 Å². The van der Waals surface area contributed by atoms with Crippen LogP contribution >= 0.6 is 0 Å². The molecule has 0 bridgehead atoms. The van der Waals surface area contributed by atoms with Crippen molar-refractivity contribution in [2.45, 2.75) is 0 Å². The van der Waals surface area contributed by atoms with E-state index in [1.807, 2.05) is 0 Å². The number of urea groups is 1. The van der Waals surface area contributed by atoms with E-state index in [1.54, 1.807) is 24.4 Å². The predicted molar refractivity (Wildman–Crippen MR) is 53.3 cm³/mol. The first-order valence-electron chi connectivity index (χ1n) is 4.25. The summed E-state index contributed by atoms with van der Waals surface area (Å²) in [5.74, 6) is -0.0916. The van der Waals surface area contributed by atoms with E-state index in [-0.39, 0.29) is 6.54 Å². The van der Waals surface area contributed by atoms with Crippen LogP contribution in [0.2, 0.25) is 0 Å². The van der Waals surface area contributed by atoms with Crippen LogP contribution < -0.4 is 10.6 Å². The zero-order chi connectivity index (χ0) is 11.1. The van der Waals surface area contributed by atoms with Gasteiger partial charge in [0.05, 0.1) is 7.11 Å². The Bertz CT molecular complexity index is 340. The van der Waals surface area contributed by atoms with Gasteiger partial charge in [0.2, 0.25) is 0 Å². The number of hydrogen-bond donors (Lipinski definition) is 2. The number of amides is 2. The Morgan fingerprint density at radius 1 is 1.47 bits per heavy atom. The van der Waals surface area contributed by atoms with Crippen LogP contribution in [0.5, 0.6) is 0 Å². The van der Waals surface area contributed by atoms with Crippen molar-refractivity contribution in [1.29, 1.82) is 0 Å². The number of aromatic nitrogens is 1. The van der Waals surface area contributed by atoms with Gasteiger partial charge in [-0.2, -0.15) is 0 Å². The second-order valence-corrected chi connectivity index (χ2v) is 2.60. The van der Waals surface area contributed by atoms with Crippen LogP contribution in [0.15, 0.2) is 24.4 Å². The van der Waals surface area contributed by atoms with E-state index in [2.05, 4.69) is 20.4 Å². The number of nitrogens with zero attached hydrogens (tertiary/aromatic N) is 1. The van der Waals surface area contributed by atoms with E-state index in [0.29, 0.717) is 5.82 Å². The third-order valence-corrected chi connectivity index (χ3v) is 1.53. The summed E-state index contributed by atoms with van der Waals surface area (Å²) in [4.78, 5) is 25.7. The molecule has 1 rings (SSSR count). The molecule has 0 spiro atoms. The third kappa shape index (κ3) is 4.08. The molecule has 1 heterocycles. The summed E-state index contributed by atoms with van der Waals surface area (Å²) < 4.78 is 4.35. The number of ether oxygens (including phenoxy) is 1. The Kier molecular flexibility index (Phi) is 4.08. The van der Waals surface area contributed by atoms with Crippen LogP contribution in [0.4, 0.5) is 10.6 Å². The van der Waals surface area contributed by atoms with Crippen molar-refractivity contribution in [3.05, 3.63) is 24.4 Å². The molecule has 0 aliphatic heterocycles. The summed E-state index contributed by atoms with van der Waals surface area (Å²) in [7, 11) is 1.25. The second-order valence-electron chi connectivity index (χ2n) is 2.60. The average Bonchev–Trinajstić information content (AvgIpc) is 2.27. The number of carbonyl (C=O) groups excluding carboxylic acids is 2. The quantitative estimate of drug-likeness (QED) is 0.705. The Hall–Kier alpha value is -2.11. The van der Waals surface area contributed by atoms with Crippen LogP contribution in [0.25, 0.3) is 0 Å². The van der Waals surface area contributed by atoms with Gasteiger partial charge < -0.3 is 10.1 Å². The van der Waals surface area contributed by atoms with Crippen molar-refractivity contribution in [3.63, 3.8) is 0 Å². The van der Waals surface area contributed by atoms with Gasteiger partial charge in [0.25, 0.3) is 0 Å². The van der Waals surface area contributed by atoms with Gasteiger partial charge >= 0.3 is 12.0 Å². The van der Waals surface area contributed by atoms with E-state index < -0.39 is 12.0 Å². The highest BCUT2D eigenvalue weighted by Gasteiger charge is 2.04. The molecule has 0 saturated carbocycles. The molecule has 0 aromatic carbocycles. The van der Waals surface area contributed by atoms with Crippen molar-refractivity contribution in [3.8, 4) is 0 Å². The van der Waals surface area contributed by atoms with Gasteiger partial charge in [0.1, 0.15) is 12.4 Å². The van der Waals surface area contributed by atoms with E-state index >= 15 is 0 Å². The Morgan fingerprint density at radius 2 is 2.27 bits per heavy atom. The summed E-state index contributed by atoms with van der Waals surface area (Å²) in [6.07, 6.45) is 1.55. The maximum absolute atomic E-state index is 11.2. The van der Waals surface area contributed by atoms with Crippen LogP contribution in [0.1, 0.15) is 0 Å². The number of pyridine rings is 1. The molecule has 0 atom stereocenters. The van der Waals surface area contributed by atoms with Gasteiger partial charge in [-0.25, -0.2) is 9.78 Å². The summed E-state index contributed by atoms with van der Waals surface area (Å²) in [6, 6.07) is 4.61. The first-order chi connectivity index (χ1) is 7.22. The highest BCUT2D eigenvalue weighted by molar-refractivity contribution is 5.90.